The zero-order chi connectivity index (χ0) is 19.8. The molecule has 5 rings (SSSR count). The van der Waals surface area contributed by atoms with Crippen molar-refractivity contribution in [2.75, 3.05) is 0 Å². The minimum Gasteiger partial charge on any atom is -0.343 e. The topological polar surface area (TPSA) is 72.7 Å². The molecule has 0 bridgehead atoms. The first-order valence-electron chi connectivity index (χ1n) is 9.53. The fourth-order valence-corrected chi connectivity index (χ4v) is 4.07. The Morgan fingerprint density at radius 2 is 2.07 bits per heavy atom. The largest absolute Gasteiger partial charge is 0.343 e. The predicted octanol–water partition coefficient (Wildman–Crippen LogP) is 4.28. The Morgan fingerprint density at radius 3 is 2.93 bits per heavy atom. The second kappa shape index (κ2) is 7.29. The van der Waals surface area contributed by atoms with Gasteiger partial charge in [-0.15, -0.1) is 0 Å². The minimum atomic E-state index is -0.287. The van der Waals surface area contributed by atoms with Crippen molar-refractivity contribution in [1.82, 2.24) is 24.8 Å². The van der Waals surface area contributed by atoms with Crippen molar-refractivity contribution in [3.8, 4) is 5.82 Å². The highest BCUT2D eigenvalue weighted by Crippen LogP contribution is 2.30. The highest BCUT2D eigenvalue weighted by atomic mass is 35.5. The van der Waals surface area contributed by atoms with Gasteiger partial charge in [0.2, 0.25) is 5.82 Å². The second-order valence-electron chi connectivity index (χ2n) is 7.12. The van der Waals surface area contributed by atoms with E-state index in [-0.39, 0.29) is 17.8 Å². The quantitative estimate of drug-likeness (QED) is 0.554. The standard InChI is InChI=1S/C22H18ClN5O/c23-15-8-9-19-17(12-15)21(28-11-10-24-13-28)27-20(25-19)22(29)26-18-7-3-5-14-4-1-2-6-16(14)18/h1-2,4,6,8-13,18H,3,5,7H2,(H,26,29). The molecule has 144 valence electrons. The van der Waals surface area contributed by atoms with Crippen molar-refractivity contribution in [3.05, 3.63) is 83.2 Å². The van der Waals surface area contributed by atoms with E-state index < -0.39 is 0 Å². The zero-order valence-electron chi connectivity index (χ0n) is 15.5. The summed E-state index contributed by atoms with van der Waals surface area (Å²) in [7, 11) is 0. The number of nitrogens with one attached hydrogen (secondary N) is 1. The molecule has 1 aliphatic carbocycles. The fourth-order valence-electron chi connectivity index (χ4n) is 3.89. The normalized spacial score (nSPS) is 15.8. The van der Waals surface area contributed by atoms with Gasteiger partial charge in [0.15, 0.2) is 0 Å². The van der Waals surface area contributed by atoms with Crippen molar-refractivity contribution in [3.63, 3.8) is 0 Å². The molecule has 2 aromatic heterocycles. The van der Waals surface area contributed by atoms with E-state index >= 15 is 0 Å². The number of halogens is 1. The van der Waals surface area contributed by atoms with E-state index in [0.29, 0.717) is 16.4 Å². The monoisotopic (exact) mass is 403 g/mol. The highest BCUT2D eigenvalue weighted by Gasteiger charge is 2.24. The maximum absolute atomic E-state index is 13.1. The molecule has 1 aliphatic rings. The maximum Gasteiger partial charge on any atom is 0.289 e. The van der Waals surface area contributed by atoms with E-state index in [1.54, 1.807) is 41.5 Å². The maximum atomic E-state index is 13.1. The molecule has 0 saturated carbocycles. The number of fused-ring (bicyclic) bond motifs is 2. The summed E-state index contributed by atoms with van der Waals surface area (Å²) in [5.74, 6) is 0.417. The van der Waals surface area contributed by atoms with E-state index in [4.69, 9.17) is 11.6 Å². The first kappa shape index (κ1) is 17.8. The first-order chi connectivity index (χ1) is 14.2. The van der Waals surface area contributed by atoms with Gasteiger partial charge in [-0.25, -0.2) is 15.0 Å². The van der Waals surface area contributed by atoms with Gasteiger partial charge in [-0.2, -0.15) is 0 Å². The lowest BCUT2D eigenvalue weighted by Crippen LogP contribution is -2.32. The number of benzene rings is 2. The number of carbonyl (C=O) groups excluding carboxylic acids is 1. The van der Waals surface area contributed by atoms with Crippen LogP contribution in [0.15, 0.2) is 61.2 Å². The lowest BCUT2D eigenvalue weighted by molar-refractivity contribution is 0.0922. The van der Waals surface area contributed by atoms with Crippen LogP contribution in [0.2, 0.25) is 5.02 Å². The number of aryl methyl sites for hydroxylation is 1. The number of hydrogen-bond donors (Lipinski definition) is 1. The highest BCUT2D eigenvalue weighted by molar-refractivity contribution is 6.31. The van der Waals surface area contributed by atoms with Crippen molar-refractivity contribution in [2.45, 2.75) is 25.3 Å². The van der Waals surface area contributed by atoms with Gasteiger partial charge in [0.25, 0.3) is 5.91 Å². The van der Waals surface area contributed by atoms with Crippen LogP contribution in [0, 0.1) is 0 Å². The van der Waals surface area contributed by atoms with Gasteiger partial charge in [-0.1, -0.05) is 35.9 Å². The molecule has 0 saturated heterocycles. The summed E-state index contributed by atoms with van der Waals surface area (Å²) < 4.78 is 1.76. The molecule has 1 amide bonds. The van der Waals surface area contributed by atoms with Gasteiger partial charge in [-0.3, -0.25) is 9.36 Å². The van der Waals surface area contributed by atoms with Crippen molar-refractivity contribution in [2.24, 2.45) is 0 Å². The van der Waals surface area contributed by atoms with E-state index in [0.717, 1.165) is 24.6 Å². The van der Waals surface area contributed by atoms with Crippen molar-refractivity contribution in [1.29, 1.82) is 0 Å². The van der Waals surface area contributed by atoms with E-state index in [9.17, 15) is 4.79 Å². The molecule has 7 heteroatoms. The molecule has 1 unspecified atom stereocenters. The number of hydrogen-bond acceptors (Lipinski definition) is 4. The third-order valence-electron chi connectivity index (χ3n) is 5.26. The van der Waals surface area contributed by atoms with E-state index in [2.05, 4.69) is 32.4 Å². The molecule has 1 atom stereocenters. The van der Waals surface area contributed by atoms with Crippen LogP contribution < -0.4 is 5.32 Å². The number of amides is 1. The van der Waals surface area contributed by atoms with Gasteiger partial charge in [-0.05, 0) is 48.6 Å². The lowest BCUT2D eigenvalue weighted by atomic mass is 9.88. The van der Waals surface area contributed by atoms with Crippen LogP contribution in [0.5, 0.6) is 0 Å². The smallest absolute Gasteiger partial charge is 0.289 e. The van der Waals surface area contributed by atoms with Crippen LogP contribution >= 0.6 is 11.6 Å². The van der Waals surface area contributed by atoms with Crippen molar-refractivity contribution >= 4 is 28.4 Å². The lowest BCUT2D eigenvalue weighted by Gasteiger charge is -2.26. The Morgan fingerprint density at radius 1 is 1.17 bits per heavy atom. The predicted molar refractivity (Wildman–Crippen MR) is 111 cm³/mol. The minimum absolute atomic E-state index is 0.0336. The van der Waals surface area contributed by atoms with Gasteiger partial charge in [0.05, 0.1) is 11.6 Å². The number of imidazole rings is 1. The van der Waals surface area contributed by atoms with E-state index in [1.807, 2.05) is 12.1 Å². The molecule has 1 N–H and O–H groups in total. The molecule has 0 spiro atoms. The molecule has 4 aromatic rings. The number of aromatic nitrogens is 4. The molecular weight excluding hydrogens is 386 g/mol. The molecule has 2 aromatic carbocycles. The van der Waals surface area contributed by atoms with Crippen LogP contribution in [0.4, 0.5) is 0 Å². The van der Waals surface area contributed by atoms with E-state index in [1.165, 1.54) is 11.1 Å². The fraction of sp³-hybridized carbons (Fsp3) is 0.182. The van der Waals surface area contributed by atoms with Crippen LogP contribution in [0.25, 0.3) is 16.7 Å². The summed E-state index contributed by atoms with van der Waals surface area (Å²) in [5, 5.41) is 4.47. The Labute approximate surface area is 172 Å². The first-order valence-corrected chi connectivity index (χ1v) is 9.91. The number of nitrogens with zero attached hydrogens (tertiary/aromatic N) is 4. The Kier molecular flexibility index (Phi) is 4.48. The third-order valence-corrected chi connectivity index (χ3v) is 5.50. The molecule has 29 heavy (non-hydrogen) atoms. The Bertz CT molecular complexity index is 1210. The van der Waals surface area contributed by atoms with Gasteiger partial charge in [0.1, 0.15) is 12.1 Å². The summed E-state index contributed by atoms with van der Waals surface area (Å²) in [6.45, 7) is 0. The van der Waals surface area contributed by atoms with Crippen LogP contribution in [-0.2, 0) is 6.42 Å². The molecule has 0 fully saturated rings. The summed E-state index contributed by atoms with van der Waals surface area (Å²) in [6, 6.07) is 13.6. The molecular formula is C22H18ClN5O. The van der Waals surface area contributed by atoms with Crippen molar-refractivity contribution < 1.29 is 4.79 Å². The SMILES string of the molecule is O=C(NC1CCCc2ccccc21)c1nc(-n2ccnc2)c2cc(Cl)ccc2n1. The van der Waals surface area contributed by atoms with Gasteiger partial charge in [0, 0.05) is 22.8 Å². The summed E-state index contributed by atoms with van der Waals surface area (Å²) in [4.78, 5) is 26.2. The molecule has 0 aliphatic heterocycles. The number of carbonyl (C=O) groups is 1. The van der Waals surface area contributed by atoms with Crippen LogP contribution in [0.3, 0.4) is 0 Å². The molecule has 2 heterocycles. The Hall–Kier alpha value is -3.25. The average molecular weight is 404 g/mol. The zero-order valence-corrected chi connectivity index (χ0v) is 16.3. The summed E-state index contributed by atoms with van der Waals surface area (Å²) in [5.41, 5.74) is 3.12. The third kappa shape index (κ3) is 3.36. The van der Waals surface area contributed by atoms with Gasteiger partial charge >= 0.3 is 0 Å². The number of rotatable bonds is 3. The molecule has 6 nitrogen and oxygen atoms in total. The molecule has 0 radical (unpaired) electrons. The average Bonchev–Trinajstić information content (AvgIpc) is 3.28. The summed E-state index contributed by atoms with van der Waals surface area (Å²) >= 11 is 6.17. The van der Waals surface area contributed by atoms with Gasteiger partial charge < -0.3 is 5.32 Å². The van der Waals surface area contributed by atoms with Crippen LogP contribution in [-0.4, -0.2) is 25.4 Å². The van der Waals surface area contributed by atoms with Crippen LogP contribution in [0.1, 0.15) is 40.6 Å². The summed E-state index contributed by atoms with van der Waals surface area (Å²) in [6.07, 6.45) is 8.07. The second-order valence-corrected chi connectivity index (χ2v) is 7.56. The Balaban J connectivity index is 1.54.